The summed E-state index contributed by atoms with van der Waals surface area (Å²) in [6, 6.07) is 5.86. The molecular weight excluding hydrogens is 236 g/mol. The molecule has 4 heteroatoms. The summed E-state index contributed by atoms with van der Waals surface area (Å²) in [5.41, 5.74) is 2.26. The summed E-state index contributed by atoms with van der Waals surface area (Å²) in [6.45, 7) is 6.20. The number of hydrogen-bond donors (Lipinski definition) is 2. The van der Waals surface area contributed by atoms with Crippen molar-refractivity contribution in [3.05, 3.63) is 28.8 Å². The maximum atomic E-state index is 9.43. The number of hydrogen-bond acceptors (Lipinski definition) is 3. The third kappa shape index (κ3) is 4.54. The van der Waals surface area contributed by atoms with Crippen LogP contribution in [0.15, 0.2) is 18.2 Å². The van der Waals surface area contributed by atoms with Gasteiger partial charge in [0.1, 0.15) is 0 Å². The van der Waals surface area contributed by atoms with Crippen LogP contribution >= 0.6 is 11.6 Å². The molecule has 0 saturated carbocycles. The monoisotopic (exact) mass is 256 g/mol. The first-order chi connectivity index (χ1) is 8.04. The molecule has 0 bridgehead atoms. The minimum atomic E-state index is -0.356. The van der Waals surface area contributed by atoms with Crippen LogP contribution in [0.4, 0.5) is 5.69 Å². The molecule has 1 atom stereocenters. The number of aliphatic hydroxyl groups is 1. The van der Waals surface area contributed by atoms with Crippen molar-refractivity contribution in [2.75, 3.05) is 25.0 Å². The third-order valence-corrected chi connectivity index (χ3v) is 2.80. The van der Waals surface area contributed by atoms with Crippen LogP contribution in [0, 0.1) is 0 Å². The summed E-state index contributed by atoms with van der Waals surface area (Å²) >= 11 is 6.02. The van der Waals surface area contributed by atoms with Gasteiger partial charge >= 0.3 is 0 Å². The molecule has 0 aliphatic rings. The van der Waals surface area contributed by atoms with E-state index in [9.17, 15) is 5.11 Å². The fraction of sp³-hybridized carbons (Fsp3) is 0.538. The van der Waals surface area contributed by atoms with Crippen LogP contribution in [0.2, 0.25) is 5.02 Å². The Kier molecular flexibility index (Phi) is 5.75. The molecule has 0 spiro atoms. The average Bonchev–Trinajstić information content (AvgIpc) is 2.26. The molecular formula is C13H21ClN2O. The van der Waals surface area contributed by atoms with Crippen LogP contribution < -0.4 is 10.2 Å². The molecule has 0 amide bonds. The van der Waals surface area contributed by atoms with Crippen molar-refractivity contribution in [3.63, 3.8) is 0 Å². The number of nitrogens with zero attached hydrogens (tertiary/aromatic N) is 1. The molecule has 0 heterocycles. The highest BCUT2D eigenvalue weighted by atomic mass is 35.5. The summed E-state index contributed by atoms with van der Waals surface area (Å²) in [6.07, 6.45) is -0.356. The fourth-order valence-corrected chi connectivity index (χ4v) is 1.96. The average molecular weight is 257 g/mol. The van der Waals surface area contributed by atoms with E-state index in [4.69, 9.17) is 11.6 Å². The SMILES string of the molecule is CCNCc1ccc(Cl)cc1N(C)CC(C)O. The van der Waals surface area contributed by atoms with Gasteiger partial charge in [-0.2, -0.15) is 0 Å². The molecule has 0 saturated heterocycles. The minimum absolute atomic E-state index is 0.356. The van der Waals surface area contributed by atoms with E-state index >= 15 is 0 Å². The minimum Gasteiger partial charge on any atom is -0.392 e. The van der Waals surface area contributed by atoms with Crippen molar-refractivity contribution in [1.82, 2.24) is 5.32 Å². The van der Waals surface area contributed by atoms with Crippen molar-refractivity contribution in [3.8, 4) is 0 Å². The Balaban J connectivity index is 2.89. The number of nitrogens with one attached hydrogen (secondary N) is 1. The molecule has 0 fully saturated rings. The highest BCUT2D eigenvalue weighted by Gasteiger charge is 2.10. The maximum absolute atomic E-state index is 9.43. The maximum Gasteiger partial charge on any atom is 0.0686 e. The Bertz CT molecular complexity index is 355. The fourth-order valence-electron chi connectivity index (χ4n) is 1.80. The zero-order valence-electron chi connectivity index (χ0n) is 10.7. The molecule has 17 heavy (non-hydrogen) atoms. The van der Waals surface area contributed by atoms with E-state index in [0.29, 0.717) is 6.54 Å². The first-order valence-corrected chi connectivity index (χ1v) is 6.30. The van der Waals surface area contributed by atoms with Crippen LogP contribution in [0.25, 0.3) is 0 Å². The van der Waals surface area contributed by atoms with Crippen LogP contribution in [0.5, 0.6) is 0 Å². The summed E-state index contributed by atoms with van der Waals surface area (Å²) in [5, 5.41) is 13.5. The standard InChI is InChI=1S/C13H21ClN2O/c1-4-15-8-11-5-6-12(14)7-13(11)16(3)9-10(2)17/h5-7,10,15,17H,4,8-9H2,1-3H3. The Morgan fingerprint density at radius 3 is 2.76 bits per heavy atom. The number of rotatable bonds is 6. The molecule has 2 N–H and O–H groups in total. The second kappa shape index (κ2) is 6.84. The van der Waals surface area contributed by atoms with Gasteiger partial charge in [-0.05, 0) is 31.2 Å². The van der Waals surface area contributed by atoms with E-state index in [1.165, 1.54) is 5.56 Å². The molecule has 0 radical (unpaired) electrons. The second-order valence-electron chi connectivity index (χ2n) is 4.28. The van der Waals surface area contributed by atoms with Crippen LogP contribution in [-0.2, 0) is 6.54 Å². The largest absolute Gasteiger partial charge is 0.392 e. The highest BCUT2D eigenvalue weighted by Crippen LogP contribution is 2.24. The van der Waals surface area contributed by atoms with Crippen molar-refractivity contribution >= 4 is 17.3 Å². The van der Waals surface area contributed by atoms with E-state index in [-0.39, 0.29) is 6.10 Å². The van der Waals surface area contributed by atoms with Gasteiger partial charge in [-0.25, -0.2) is 0 Å². The van der Waals surface area contributed by atoms with Gasteiger partial charge in [0, 0.05) is 30.8 Å². The van der Waals surface area contributed by atoms with E-state index < -0.39 is 0 Å². The van der Waals surface area contributed by atoms with Crippen LogP contribution in [-0.4, -0.2) is 31.3 Å². The molecule has 1 aromatic carbocycles. The number of aliphatic hydroxyl groups excluding tert-OH is 1. The molecule has 0 aliphatic carbocycles. The number of benzene rings is 1. The number of anilines is 1. The molecule has 0 aliphatic heterocycles. The van der Waals surface area contributed by atoms with Gasteiger partial charge in [0.25, 0.3) is 0 Å². The highest BCUT2D eigenvalue weighted by molar-refractivity contribution is 6.30. The van der Waals surface area contributed by atoms with Crippen molar-refractivity contribution < 1.29 is 5.11 Å². The predicted molar refractivity (Wildman–Crippen MR) is 73.8 cm³/mol. The van der Waals surface area contributed by atoms with Crippen LogP contribution in [0.3, 0.4) is 0 Å². The normalized spacial score (nSPS) is 12.5. The van der Waals surface area contributed by atoms with Gasteiger partial charge in [-0.1, -0.05) is 24.6 Å². The van der Waals surface area contributed by atoms with Gasteiger partial charge in [0.15, 0.2) is 0 Å². The van der Waals surface area contributed by atoms with Crippen molar-refractivity contribution in [1.29, 1.82) is 0 Å². The topological polar surface area (TPSA) is 35.5 Å². The van der Waals surface area contributed by atoms with E-state index in [1.54, 1.807) is 6.92 Å². The molecule has 1 aromatic rings. The van der Waals surface area contributed by atoms with E-state index in [0.717, 1.165) is 23.8 Å². The first-order valence-electron chi connectivity index (χ1n) is 5.93. The molecule has 1 unspecified atom stereocenters. The predicted octanol–water partition coefficient (Wildman–Crippen LogP) is 2.27. The lowest BCUT2D eigenvalue weighted by molar-refractivity contribution is 0.201. The van der Waals surface area contributed by atoms with Gasteiger partial charge in [0.2, 0.25) is 0 Å². The van der Waals surface area contributed by atoms with E-state index in [2.05, 4.69) is 12.2 Å². The second-order valence-corrected chi connectivity index (χ2v) is 4.72. The van der Waals surface area contributed by atoms with Crippen molar-refractivity contribution in [2.24, 2.45) is 0 Å². The Labute approximate surface area is 108 Å². The number of likely N-dealkylation sites (N-methyl/N-ethyl adjacent to an activating group) is 1. The molecule has 3 nitrogen and oxygen atoms in total. The van der Waals surface area contributed by atoms with E-state index in [1.807, 2.05) is 30.1 Å². The zero-order chi connectivity index (χ0) is 12.8. The molecule has 96 valence electrons. The smallest absolute Gasteiger partial charge is 0.0686 e. The lowest BCUT2D eigenvalue weighted by atomic mass is 10.1. The Morgan fingerprint density at radius 2 is 2.18 bits per heavy atom. The van der Waals surface area contributed by atoms with Crippen LogP contribution in [0.1, 0.15) is 19.4 Å². The molecule has 1 rings (SSSR count). The lowest BCUT2D eigenvalue weighted by Crippen LogP contribution is -2.28. The third-order valence-electron chi connectivity index (χ3n) is 2.56. The Hall–Kier alpha value is -0.770. The first kappa shape index (κ1) is 14.3. The zero-order valence-corrected chi connectivity index (χ0v) is 11.5. The van der Waals surface area contributed by atoms with Gasteiger partial charge in [-0.3, -0.25) is 0 Å². The number of halogens is 1. The van der Waals surface area contributed by atoms with Crippen molar-refractivity contribution in [2.45, 2.75) is 26.5 Å². The summed E-state index contributed by atoms with van der Waals surface area (Å²) < 4.78 is 0. The quantitative estimate of drug-likeness (QED) is 0.820. The Morgan fingerprint density at radius 1 is 1.47 bits per heavy atom. The van der Waals surface area contributed by atoms with Gasteiger partial charge in [-0.15, -0.1) is 0 Å². The summed E-state index contributed by atoms with van der Waals surface area (Å²) in [5.74, 6) is 0. The summed E-state index contributed by atoms with van der Waals surface area (Å²) in [7, 11) is 1.97. The van der Waals surface area contributed by atoms with Gasteiger partial charge in [0.05, 0.1) is 6.10 Å². The lowest BCUT2D eigenvalue weighted by Gasteiger charge is -2.24. The summed E-state index contributed by atoms with van der Waals surface area (Å²) in [4.78, 5) is 2.03. The molecule has 0 aromatic heterocycles. The van der Waals surface area contributed by atoms with Gasteiger partial charge < -0.3 is 15.3 Å².